The number of amides is 1. The van der Waals surface area contributed by atoms with Crippen LogP contribution in [-0.2, 0) is 4.74 Å². The van der Waals surface area contributed by atoms with Gasteiger partial charge in [0.05, 0.1) is 18.2 Å². The molecule has 0 aromatic heterocycles. The summed E-state index contributed by atoms with van der Waals surface area (Å²) in [4.78, 5) is 12.0. The summed E-state index contributed by atoms with van der Waals surface area (Å²) in [6, 6.07) is 5.78. The van der Waals surface area contributed by atoms with Crippen molar-refractivity contribution in [3.8, 4) is 0 Å². The van der Waals surface area contributed by atoms with Crippen molar-refractivity contribution in [2.24, 2.45) is 0 Å². The molecule has 2 rings (SSSR count). The van der Waals surface area contributed by atoms with E-state index in [0.717, 1.165) is 21.1 Å². The fraction of sp³-hybridized carbons (Fsp3) is 0.364. The van der Waals surface area contributed by atoms with Crippen molar-refractivity contribution in [1.29, 1.82) is 0 Å². The molecule has 1 aromatic carbocycles. The van der Waals surface area contributed by atoms with Crippen LogP contribution in [0.15, 0.2) is 22.7 Å². The Kier molecular flexibility index (Phi) is 4.21. The summed E-state index contributed by atoms with van der Waals surface area (Å²) in [6.45, 7) is 1.36. The highest BCUT2D eigenvalue weighted by molar-refractivity contribution is 14.1. The maximum Gasteiger partial charge on any atom is 0.252 e. The first-order valence-electron chi connectivity index (χ1n) is 5.01. The molecule has 1 aliphatic heterocycles. The maximum absolute atomic E-state index is 12.0. The van der Waals surface area contributed by atoms with Crippen molar-refractivity contribution in [3.05, 3.63) is 31.8 Å². The van der Waals surface area contributed by atoms with E-state index in [4.69, 9.17) is 4.74 Å². The minimum absolute atomic E-state index is 0.0267. The molecule has 0 saturated carbocycles. The van der Waals surface area contributed by atoms with Crippen molar-refractivity contribution in [2.75, 3.05) is 13.2 Å². The van der Waals surface area contributed by atoms with Gasteiger partial charge in [-0.05, 0) is 57.1 Å². The van der Waals surface area contributed by atoms with Gasteiger partial charge in [0.2, 0.25) is 0 Å². The molecule has 1 aromatic rings. The largest absolute Gasteiger partial charge is 0.379 e. The fourth-order valence-corrected chi connectivity index (χ4v) is 2.56. The highest BCUT2D eigenvalue weighted by Gasteiger charge is 2.20. The zero-order valence-electron chi connectivity index (χ0n) is 8.50. The first-order chi connectivity index (χ1) is 7.68. The second-order valence-corrected chi connectivity index (χ2v) is 5.57. The molecule has 0 aliphatic carbocycles. The third-order valence-corrected chi connectivity index (χ3v) is 5.03. The van der Waals surface area contributed by atoms with Gasteiger partial charge in [0.15, 0.2) is 0 Å². The van der Waals surface area contributed by atoms with E-state index in [2.05, 4.69) is 43.8 Å². The first kappa shape index (κ1) is 12.3. The van der Waals surface area contributed by atoms with Gasteiger partial charge in [-0.15, -0.1) is 0 Å². The number of nitrogens with one attached hydrogen (secondary N) is 1. The number of rotatable bonds is 2. The zero-order valence-corrected chi connectivity index (χ0v) is 12.2. The van der Waals surface area contributed by atoms with E-state index in [9.17, 15) is 4.79 Å². The average Bonchev–Trinajstić information content (AvgIpc) is 2.74. The van der Waals surface area contributed by atoms with Crippen LogP contribution < -0.4 is 5.32 Å². The van der Waals surface area contributed by atoms with Gasteiger partial charge in [-0.2, -0.15) is 0 Å². The van der Waals surface area contributed by atoms with E-state index in [0.29, 0.717) is 12.2 Å². The predicted molar refractivity (Wildman–Crippen MR) is 73.5 cm³/mol. The predicted octanol–water partition coefficient (Wildman–Crippen LogP) is 2.57. The molecule has 0 spiro atoms. The molecular weight excluding hydrogens is 385 g/mol. The SMILES string of the molecule is O=C(NC1CCOC1)c1cccc(Br)c1I. The molecule has 0 radical (unpaired) electrons. The summed E-state index contributed by atoms with van der Waals surface area (Å²) in [6.07, 6.45) is 0.899. The Labute approximate surface area is 116 Å². The minimum Gasteiger partial charge on any atom is -0.379 e. The van der Waals surface area contributed by atoms with E-state index in [1.54, 1.807) is 0 Å². The molecule has 5 heteroatoms. The third kappa shape index (κ3) is 2.75. The molecule has 1 amide bonds. The summed E-state index contributed by atoms with van der Waals surface area (Å²) in [7, 11) is 0. The quantitative estimate of drug-likeness (QED) is 0.781. The summed E-state index contributed by atoms with van der Waals surface area (Å²) in [5, 5.41) is 2.97. The van der Waals surface area contributed by atoms with Crippen LogP contribution in [0.2, 0.25) is 0 Å². The van der Waals surface area contributed by atoms with Crippen molar-refractivity contribution in [2.45, 2.75) is 12.5 Å². The van der Waals surface area contributed by atoms with Gasteiger partial charge in [0.1, 0.15) is 0 Å². The van der Waals surface area contributed by atoms with E-state index >= 15 is 0 Å². The molecule has 86 valence electrons. The number of carbonyl (C=O) groups excluding carboxylic acids is 1. The Balaban J connectivity index is 2.11. The standard InChI is InChI=1S/C11H11BrINO2/c12-9-3-1-2-8(10(9)13)11(15)14-7-4-5-16-6-7/h1-3,7H,4-6H2,(H,14,15). The molecule has 3 nitrogen and oxygen atoms in total. The lowest BCUT2D eigenvalue weighted by molar-refractivity contribution is 0.0929. The smallest absolute Gasteiger partial charge is 0.252 e. The highest BCUT2D eigenvalue weighted by atomic mass is 127. The highest BCUT2D eigenvalue weighted by Crippen LogP contribution is 2.22. The van der Waals surface area contributed by atoms with Crippen LogP contribution >= 0.6 is 38.5 Å². The molecular formula is C11H11BrINO2. The van der Waals surface area contributed by atoms with Crippen LogP contribution in [0.5, 0.6) is 0 Å². The van der Waals surface area contributed by atoms with Gasteiger partial charge in [-0.3, -0.25) is 4.79 Å². The molecule has 1 unspecified atom stereocenters. The van der Waals surface area contributed by atoms with Crippen LogP contribution in [0, 0.1) is 3.57 Å². The monoisotopic (exact) mass is 395 g/mol. The molecule has 0 bridgehead atoms. The number of hydrogen-bond donors (Lipinski definition) is 1. The first-order valence-corrected chi connectivity index (χ1v) is 6.88. The summed E-state index contributed by atoms with van der Waals surface area (Å²) < 4.78 is 7.11. The molecule has 1 heterocycles. The van der Waals surface area contributed by atoms with Crippen LogP contribution in [0.1, 0.15) is 16.8 Å². The Hall–Kier alpha value is -0.140. The van der Waals surface area contributed by atoms with Gasteiger partial charge in [0, 0.05) is 14.6 Å². The van der Waals surface area contributed by atoms with E-state index < -0.39 is 0 Å². The topological polar surface area (TPSA) is 38.3 Å². The zero-order chi connectivity index (χ0) is 11.5. The Morgan fingerprint density at radius 3 is 3.06 bits per heavy atom. The van der Waals surface area contributed by atoms with Gasteiger partial charge in [-0.25, -0.2) is 0 Å². The number of carbonyl (C=O) groups is 1. The lowest BCUT2D eigenvalue weighted by Gasteiger charge is -2.12. The van der Waals surface area contributed by atoms with Crippen LogP contribution in [0.3, 0.4) is 0 Å². The second kappa shape index (κ2) is 5.46. The van der Waals surface area contributed by atoms with Crippen molar-refractivity contribution in [3.63, 3.8) is 0 Å². The van der Waals surface area contributed by atoms with Gasteiger partial charge in [0.25, 0.3) is 5.91 Å². The molecule has 1 fully saturated rings. The van der Waals surface area contributed by atoms with Crippen molar-refractivity contribution in [1.82, 2.24) is 5.32 Å². The van der Waals surface area contributed by atoms with E-state index in [-0.39, 0.29) is 11.9 Å². The lowest BCUT2D eigenvalue weighted by Crippen LogP contribution is -2.35. The second-order valence-electron chi connectivity index (χ2n) is 3.64. The molecule has 1 atom stereocenters. The van der Waals surface area contributed by atoms with Gasteiger partial charge < -0.3 is 10.1 Å². The Morgan fingerprint density at radius 2 is 2.38 bits per heavy atom. The average molecular weight is 396 g/mol. The van der Waals surface area contributed by atoms with Crippen LogP contribution in [0.4, 0.5) is 0 Å². The Morgan fingerprint density at radius 1 is 1.56 bits per heavy atom. The molecule has 16 heavy (non-hydrogen) atoms. The third-order valence-electron chi connectivity index (χ3n) is 2.46. The minimum atomic E-state index is -0.0267. The number of hydrogen-bond acceptors (Lipinski definition) is 2. The van der Waals surface area contributed by atoms with E-state index in [1.807, 2.05) is 18.2 Å². The van der Waals surface area contributed by atoms with Crippen LogP contribution in [0.25, 0.3) is 0 Å². The number of halogens is 2. The molecule has 1 N–H and O–H groups in total. The van der Waals surface area contributed by atoms with E-state index in [1.165, 1.54) is 0 Å². The number of benzene rings is 1. The normalized spacial score (nSPS) is 19.8. The molecule has 1 saturated heterocycles. The van der Waals surface area contributed by atoms with Crippen molar-refractivity contribution >= 4 is 44.4 Å². The van der Waals surface area contributed by atoms with Gasteiger partial charge in [-0.1, -0.05) is 6.07 Å². The summed E-state index contributed by atoms with van der Waals surface area (Å²) in [5.74, 6) is -0.0267. The van der Waals surface area contributed by atoms with Gasteiger partial charge >= 0.3 is 0 Å². The van der Waals surface area contributed by atoms with Crippen LogP contribution in [-0.4, -0.2) is 25.2 Å². The summed E-state index contributed by atoms with van der Waals surface area (Å²) >= 11 is 5.58. The number of ether oxygens (including phenoxy) is 1. The lowest BCUT2D eigenvalue weighted by atomic mass is 10.2. The maximum atomic E-state index is 12.0. The molecule has 1 aliphatic rings. The Bertz CT molecular complexity index is 405. The summed E-state index contributed by atoms with van der Waals surface area (Å²) in [5.41, 5.74) is 0.710. The fourth-order valence-electron chi connectivity index (χ4n) is 1.59. The van der Waals surface area contributed by atoms with Crippen molar-refractivity contribution < 1.29 is 9.53 Å².